The van der Waals surface area contributed by atoms with Crippen molar-refractivity contribution in [1.29, 1.82) is 0 Å². The summed E-state index contributed by atoms with van der Waals surface area (Å²) in [5, 5.41) is 25.8. The summed E-state index contributed by atoms with van der Waals surface area (Å²) in [6.07, 6.45) is 5.36. The van der Waals surface area contributed by atoms with Crippen molar-refractivity contribution in [3.63, 3.8) is 0 Å². The number of hydrogen-bond acceptors (Lipinski definition) is 4. The van der Waals surface area contributed by atoms with Gasteiger partial charge in [-0.3, -0.25) is 0 Å². The summed E-state index contributed by atoms with van der Waals surface area (Å²) in [6.45, 7) is 24.8. The molecule has 4 nitrogen and oxygen atoms in total. The second-order valence-electron chi connectivity index (χ2n) is 9.99. The Balaban J connectivity index is -0.0000000413. The van der Waals surface area contributed by atoms with E-state index >= 15 is 0 Å². The third-order valence-electron chi connectivity index (χ3n) is 4.22. The number of H-pyrrole nitrogens is 1. The number of phenolic OH excluding ortho intramolecular Hbond substituents is 1. The molecule has 45 heavy (non-hydrogen) atoms. The van der Waals surface area contributed by atoms with Gasteiger partial charge in [-0.05, 0) is 80.5 Å². The fourth-order valence-electron chi connectivity index (χ4n) is 2.16. The van der Waals surface area contributed by atoms with Crippen LogP contribution in [0, 0.1) is 11.8 Å². The SMILES string of the molecule is C.C.C.C.C.C.CC(C)C.CC(C)O.CCC(C)C.CCO.CCS.CCc1c[nH]c2ccccc12.CCc1ccc(O)cc1. The molecule has 2 aromatic carbocycles. The topological polar surface area (TPSA) is 76.5 Å². The maximum absolute atomic E-state index is 8.85. The summed E-state index contributed by atoms with van der Waals surface area (Å²) < 4.78 is 0. The number of aromatic amines is 1. The molecule has 3 aromatic rings. The molecule has 1 aromatic heterocycles. The highest BCUT2D eigenvalue weighted by molar-refractivity contribution is 7.80. The van der Waals surface area contributed by atoms with Gasteiger partial charge in [0, 0.05) is 29.8 Å². The highest BCUT2D eigenvalue weighted by atomic mass is 32.1. The molecule has 0 amide bonds. The van der Waals surface area contributed by atoms with Crippen LogP contribution < -0.4 is 0 Å². The number of aromatic nitrogens is 1. The quantitative estimate of drug-likeness (QED) is 0.181. The molecule has 0 fully saturated rings. The Morgan fingerprint density at radius 1 is 0.689 bits per heavy atom. The van der Waals surface area contributed by atoms with Crippen molar-refractivity contribution in [2.45, 2.75) is 153 Å². The number of rotatable bonds is 3. The molecule has 1 heterocycles. The van der Waals surface area contributed by atoms with Crippen LogP contribution in [0.2, 0.25) is 0 Å². The number of hydrogen-bond donors (Lipinski definition) is 5. The summed E-state index contributed by atoms with van der Waals surface area (Å²) in [5.41, 5.74) is 3.90. The van der Waals surface area contributed by atoms with E-state index in [2.05, 4.69) is 103 Å². The molecule has 4 N–H and O–H groups in total. The van der Waals surface area contributed by atoms with Gasteiger partial charge in [-0.25, -0.2) is 0 Å². The minimum Gasteiger partial charge on any atom is -0.508 e. The summed E-state index contributed by atoms with van der Waals surface area (Å²) in [7, 11) is 0. The van der Waals surface area contributed by atoms with Crippen LogP contribution in [0.3, 0.4) is 0 Å². The molecule has 5 heteroatoms. The van der Waals surface area contributed by atoms with E-state index in [-0.39, 0.29) is 57.3 Å². The Morgan fingerprint density at radius 3 is 1.31 bits per heavy atom. The zero-order valence-electron chi connectivity index (χ0n) is 27.3. The Hall–Kier alpha value is -1.95. The largest absolute Gasteiger partial charge is 0.508 e. The van der Waals surface area contributed by atoms with Gasteiger partial charge in [0.2, 0.25) is 0 Å². The van der Waals surface area contributed by atoms with Gasteiger partial charge in [-0.15, -0.1) is 0 Å². The van der Waals surface area contributed by atoms with Gasteiger partial charge in [0.05, 0.1) is 0 Å². The minimum absolute atomic E-state index is 0. The fraction of sp³-hybridized carbons (Fsp3) is 0.650. The molecule has 276 valence electrons. The minimum atomic E-state index is -0.167. The normalized spacial score (nSPS) is 7.96. The lowest BCUT2D eigenvalue weighted by Crippen LogP contribution is -1.85. The maximum atomic E-state index is 8.85. The number of aliphatic hydroxyl groups is 2. The van der Waals surface area contributed by atoms with Crippen LogP contribution in [0.5, 0.6) is 5.75 Å². The summed E-state index contributed by atoms with van der Waals surface area (Å²) in [5.74, 6) is 3.00. The standard InChI is InChI=1S/C10H11N.C8H10O.C5H12.C4H10.C3H8O.C2H6O.C2H6S.6CH4/c1-2-8-7-11-10-6-4-3-5-9(8)10;1-2-7-3-5-8(9)6-4-7;1-4-5(2)3;1-4(2)3;1-3(2)4;2*1-2-3;;;;;;/h3-7,11H,2H2,1H3;3-6,9H,2H2,1H3;5H,4H2,1-3H3;4H,1-3H3;3-4H,1-2H3;2*3H,2H2,1H3;6*1H4. The summed E-state index contributed by atoms with van der Waals surface area (Å²) >= 11 is 3.79. The van der Waals surface area contributed by atoms with E-state index in [0.717, 1.165) is 30.4 Å². The number of aryl methyl sites for hydroxylation is 2. The van der Waals surface area contributed by atoms with Crippen molar-refractivity contribution in [1.82, 2.24) is 4.98 Å². The Labute approximate surface area is 291 Å². The molecular weight excluding hydrogens is 575 g/mol. The third kappa shape index (κ3) is 58.2. The molecule has 0 radical (unpaired) electrons. The molecule has 0 aliphatic heterocycles. The van der Waals surface area contributed by atoms with Gasteiger partial charge in [0.25, 0.3) is 0 Å². The average Bonchev–Trinajstić information content (AvgIpc) is 3.29. The average molecular weight is 662 g/mol. The van der Waals surface area contributed by atoms with Crippen molar-refractivity contribution in [2.75, 3.05) is 12.4 Å². The van der Waals surface area contributed by atoms with Crippen LogP contribution in [0.25, 0.3) is 10.9 Å². The molecule has 0 spiro atoms. The van der Waals surface area contributed by atoms with E-state index in [1.165, 1.54) is 28.5 Å². The van der Waals surface area contributed by atoms with Crippen molar-refractivity contribution >= 4 is 23.5 Å². The van der Waals surface area contributed by atoms with Crippen molar-refractivity contribution < 1.29 is 15.3 Å². The number of benzene rings is 2. The molecule has 0 saturated heterocycles. The van der Waals surface area contributed by atoms with Crippen LogP contribution >= 0.6 is 12.6 Å². The molecule has 0 aliphatic carbocycles. The lowest BCUT2D eigenvalue weighted by Gasteiger charge is -1.93. The van der Waals surface area contributed by atoms with E-state index < -0.39 is 0 Å². The molecule has 0 saturated carbocycles. The number of thiol groups is 1. The number of phenols is 1. The number of fused-ring (bicyclic) bond motifs is 1. The predicted octanol–water partition coefficient (Wildman–Crippen LogP) is 13.5. The first-order valence-electron chi connectivity index (χ1n) is 14.5. The van der Waals surface area contributed by atoms with Crippen LogP contribution in [-0.2, 0) is 12.8 Å². The third-order valence-corrected chi connectivity index (χ3v) is 4.22. The fourth-order valence-corrected chi connectivity index (χ4v) is 2.16. The molecule has 0 aliphatic rings. The molecular formula is C40H87NO3S. The van der Waals surface area contributed by atoms with E-state index in [1.54, 1.807) is 32.9 Å². The first-order chi connectivity index (χ1) is 18.3. The Morgan fingerprint density at radius 2 is 1.02 bits per heavy atom. The molecule has 3 rings (SSSR count). The zero-order chi connectivity index (χ0) is 31.2. The summed E-state index contributed by atoms with van der Waals surface area (Å²) in [6, 6.07) is 15.7. The smallest absolute Gasteiger partial charge is 0.115 e. The predicted molar refractivity (Wildman–Crippen MR) is 221 cm³/mol. The maximum Gasteiger partial charge on any atom is 0.115 e. The Kier molecular flexibility index (Phi) is 79.9. The van der Waals surface area contributed by atoms with Crippen molar-refractivity contribution in [2.24, 2.45) is 11.8 Å². The van der Waals surface area contributed by atoms with E-state index in [4.69, 9.17) is 15.3 Å². The molecule has 0 atom stereocenters. The van der Waals surface area contributed by atoms with Crippen molar-refractivity contribution in [3.05, 3.63) is 65.9 Å². The van der Waals surface area contributed by atoms with Crippen molar-refractivity contribution in [3.8, 4) is 5.75 Å². The monoisotopic (exact) mass is 662 g/mol. The first-order valence-corrected chi connectivity index (χ1v) is 15.2. The van der Waals surface area contributed by atoms with Gasteiger partial charge < -0.3 is 20.3 Å². The van der Waals surface area contributed by atoms with Crippen LogP contribution in [-0.4, -0.2) is 38.8 Å². The number of nitrogens with one attached hydrogen (secondary N) is 1. The van der Waals surface area contributed by atoms with E-state index in [1.807, 2.05) is 19.1 Å². The number of para-hydroxylation sites is 1. The second kappa shape index (κ2) is 51.6. The van der Waals surface area contributed by atoms with Gasteiger partial charge >= 0.3 is 0 Å². The molecule has 0 unspecified atom stereocenters. The zero-order valence-corrected chi connectivity index (χ0v) is 28.1. The highest BCUT2D eigenvalue weighted by Crippen LogP contribution is 2.17. The van der Waals surface area contributed by atoms with Gasteiger partial charge in [-0.2, -0.15) is 12.6 Å². The number of aromatic hydroxyl groups is 1. The van der Waals surface area contributed by atoms with Gasteiger partial charge in [0.15, 0.2) is 0 Å². The highest BCUT2D eigenvalue weighted by Gasteiger charge is 1.98. The van der Waals surface area contributed by atoms with Crippen LogP contribution in [0.4, 0.5) is 0 Å². The summed E-state index contributed by atoms with van der Waals surface area (Å²) in [4.78, 5) is 3.24. The lowest BCUT2D eigenvalue weighted by atomic mass is 10.1. The van der Waals surface area contributed by atoms with Crippen LogP contribution in [0.1, 0.15) is 145 Å². The number of aliphatic hydroxyl groups excluding tert-OH is 2. The van der Waals surface area contributed by atoms with E-state index in [0.29, 0.717) is 5.75 Å². The lowest BCUT2D eigenvalue weighted by molar-refractivity contribution is 0.216. The van der Waals surface area contributed by atoms with E-state index in [9.17, 15) is 0 Å². The van der Waals surface area contributed by atoms with Crippen LogP contribution in [0.15, 0.2) is 54.7 Å². The first kappa shape index (κ1) is 69.7. The Bertz CT molecular complexity index is 831. The van der Waals surface area contributed by atoms with Gasteiger partial charge in [-0.1, -0.05) is 144 Å². The van der Waals surface area contributed by atoms with Gasteiger partial charge in [0.1, 0.15) is 5.75 Å². The molecule has 0 bridgehead atoms. The second-order valence-corrected chi connectivity index (χ2v) is 10.6.